The molecule has 2 rings (SSSR count). The molecular formula is C15H20N2O. The molecule has 0 saturated heterocycles. The molecular weight excluding hydrogens is 224 g/mol. The zero-order chi connectivity index (χ0) is 12.8. The second kappa shape index (κ2) is 6.53. The van der Waals surface area contributed by atoms with Crippen LogP contribution in [-0.4, -0.2) is 19.2 Å². The lowest BCUT2D eigenvalue weighted by Gasteiger charge is -2.31. The molecule has 2 atom stereocenters. The first kappa shape index (κ1) is 13.1. The highest BCUT2D eigenvalue weighted by Crippen LogP contribution is 2.22. The molecule has 0 bridgehead atoms. The first-order chi connectivity index (χ1) is 8.83. The van der Waals surface area contributed by atoms with Crippen LogP contribution in [0.3, 0.4) is 0 Å². The Morgan fingerprint density at radius 2 is 2.22 bits per heavy atom. The maximum Gasteiger partial charge on any atom is 0.0991 e. The van der Waals surface area contributed by atoms with Crippen molar-refractivity contribution in [1.29, 1.82) is 5.26 Å². The Labute approximate surface area is 109 Å². The molecule has 0 aliphatic heterocycles. The molecule has 1 fully saturated rings. The van der Waals surface area contributed by atoms with Crippen molar-refractivity contribution in [3.63, 3.8) is 0 Å². The molecule has 0 amide bonds. The molecule has 0 heterocycles. The first-order valence-corrected chi connectivity index (χ1v) is 6.61. The molecule has 0 radical (unpaired) electrons. The van der Waals surface area contributed by atoms with Crippen molar-refractivity contribution in [2.45, 2.75) is 44.4 Å². The van der Waals surface area contributed by atoms with Crippen LogP contribution in [0, 0.1) is 11.3 Å². The fraction of sp³-hybridized carbons (Fsp3) is 0.533. The molecule has 1 aromatic rings. The predicted octanol–water partition coefficient (Wildman–Crippen LogP) is 2.61. The number of hydrogen-bond donors (Lipinski definition) is 1. The van der Waals surface area contributed by atoms with Crippen molar-refractivity contribution in [1.82, 2.24) is 5.32 Å². The van der Waals surface area contributed by atoms with Gasteiger partial charge in [-0.2, -0.15) is 5.26 Å². The first-order valence-electron chi connectivity index (χ1n) is 6.61. The van der Waals surface area contributed by atoms with Gasteiger partial charge in [-0.25, -0.2) is 0 Å². The zero-order valence-electron chi connectivity index (χ0n) is 10.9. The average Bonchev–Trinajstić information content (AvgIpc) is 2.45. The van der Waals surface area contributed by atoms with Gasteiger partial charge in [0.1, 0.15) is 0 Å². The lowest BCUT2D eigenvalue weighted by Crippen LogP contribution is -2.41. The van der Waals surface area contributed by atoms with E-state index in [0.717, 1.165) is 12.0 Å². The van der Waals surface area contributed by atoms with Crippen LogP contribution >= 0.6 is 0 Å². The number of hydrogen-bond acceptors (Lipinski definition) is 3. The maximum atomic E-state index is 8.86. The second-order valence-electron chi connectivity index (χ2n) is 4.84. The summed E-state index contributed by atoms with van der Waals surface area (Å²) in [4.78, 5) is 0. The van der Waals surface area contributed by atoms with Crippen LogP contribution in [-0.2, 0) is 11.3 Å². The van der Waals surface area contributed by atoms with E-state index < -0.39 is 0 Å². The molecule has 0 aromatic heterocycles. The number of nitrogens with one attached hydrogen (secondary N) is 1. The van der Waals surface area contributed by atoms with E-state index in [-0.39, 0.29) is 0 Å². The fourth-order valence-corrected chi connectivity index (χ4v) is 2.56. The molecule has 1 aliphatic rings. The van der Waals surface area contributed by atoms with E-state index >= 15 is 0 Å². The minimum Gasteiger partial charge on any atom is -0.372 e. The third-order valence-electron chi connectivity index (χ3n) is 3.59. The minimum atomic E-state index is 0.300. The van der Waals surface area contributed by atoms with Gasteiger partial charge in [-0.05, 0) is 37.6 Å². The molecule has 18 heavy (non-hydrogen) atoms. The van der Waals surface area contributed by atoms with Crippen molar-refractivity contribution in [3.8, 4) is 6.07 Å². The summed E-state index contributed by atoms with van der Waals surface area (Å²) in [5.74, 6) is 0. The van der Waals surface area contributed by atoms with E-state index in [9.17, 15) is 0 Å². The van der Waals surface area contributed by atoms with Gasteiger partial charge in [-0.1, -0.05) is 25.0 Å². The molecule has 96 valence electrons. The molecule has 2 unspecified atom stereocenters. The smallest absolute Gasteiger partial charge is 0.0991 e. The zero-order valence-corrected chi connectivity index (χ0v) is 10.9. The van der Waals surface area contributed by atoms with Gasteiger partial charge in [0, 0.05) is 6.04 Å². The lowest BCUT2D eigenvalue weighted by atomic mass is 9.92. The van der Waals surface area contributed by atoms with Gasteiger partial charge < -0.3 is 10.1 Å². The summed E-state index contributed by atoms with van der Waals surface area (Å²) in [5.41, 5.74) is 1.78. The molecule has 1 N–H and O–H groups in total. The SMILES string of the molecule is CNC1CCCCC1OCc1cccc(C#N)c1. The third-order valence-corrected chi connectivity index (χ3v) is 3.59. The van der Waals surface area contributed by atoms with Gasteiger partial charge in [-0.15, -0.1) is 0 Å². The van der Waals surface area contributed by atoms with E-state index in [1.807, 2.05) is 31.3 Å². The summed E-state index contributed by atoms with van der Waals surface area (Å²) in [7, 11) is 2.00. The van der Waals surface area contributed by atoms with E-state index in [0.29, 0.717) is 24.3 Å². The van der Waals surface area contributed by atoms with E-state index in [4.69, 9.17) is 10.00 Å². The van der Waals surface area contributed by atoms with Crippen molar-refractivity contribution < 1.29 is 4.74 Å². The Balaban J connectivity index is 1.91. The summed E-state index contributed by atoms with van der Waals surface area (Å²) < 4.78 is 6.00. The van der Waals surface area contributed by atoms with Gasteiger partial charge in [0.25, 0.3) is 0 Å². The normalized spacial score (nSPS) is 23.6. The van der Waals surface area contributed by atoms with Crippen LogP contribution in [0.5, 0.6) is 0 Å². The van der Waals surface area contributed by atoms with Crippen LogP contribution < -0.4 is 5.32 Å². The summed E-state index contributed by atoms with van der Waals surface area (Å²) in [5, 5.41) is 12.2. The standard InChI is InChI=1S/C15H20N2O/c1-17-14-7-2-3-8-15(14)18-11-13-6-4-5-12(9-13)10-16/h4-6,9,14-15,17H,2-3,7-8,11H2,1H3. The van der Waals surface area contributed by atoms with Gasteiger partial charge in [-0.3, -0.25) is 0 Å². The van der Waals surface area contributed by atoms with Crippen LogP contribution in [0.4, 0.5) is 0 Å². The quantitative estimate of drug-likeness (QED) is 0.885. The summed E-state index contributed by atoms with van der Waals surface area (Å²) in [6, 6.07) is 10.3. The van der Waals surface area contributed by atoms with Crippen molar-refractivity contribution in [3.05, 3.63) is 35.4 Å². The second-order valence-corrected chi connectivity index (χ2v) is 4.84. The summed E-state index contributed by atoms with van der Waals surface area (Å²) in [6.07, 6.45) is 5.16. The van der Waals surface area contributed by atoms with Gasteiger partial charge in [0.15, 0.2) is 0 Å². The van der Waals surface area contributed by atoms with Gasteiger partial charge in [0.05, 0.1) is 24.3 Å². The monoisotopic (exact) mass is 244 g/mol. The summed E-state index contributed by atoms with van der Waals surface area (Å²) in [6.45, 7) is 0.596. The average molecular weight is 244 g/mol. The fourth-order valence-electron chi connectivity index (χ4n) is 2.56. The molecule has 3 nitrogen and oxygen atoms in total. The highest BCUT2D eigenvalue weighted by atomic mass is 16.5. The lowest BCUT2D eigenvalue weighted by molar-refractivity contribution is -0.00361. The number of nitriles is 1. The molecule has 1 aromatic carbocycles. The number of benzene rings is 1. The topological polar surface area (TPSA) is 45.0 Å². The van der Waals surface area contributed by atoms with E-state index in [1.165, 1.54) is 19.3 Å². The largest absolute Gasteiger partial charge is 0.372 e. The summed E-state index contributed by atoms with van der Waals surface area (Å²) >= 11 is 0. The van der Waals surface area contributed by atoms with Crippen LogP contribution in [0.15, 0.2) is 24.3 Å². The van der Waals surface area contributed by atoms with Crippen LogP contribution in [0.1, 0.15) is 36.8 Å². The number of likely N-dealkylation sites (N-methyl/N-ethyl adjacent to an activating group) is 1. The Kier molecular flexibility index (Phi) is 4.74. The Morgan fingerprint density at radius 3 is 3.00 bits per heavy atom. The van der Waals surface area contributed by atoms with E-state index in [2.05, 4.69) is 11.4 Å². The van der Waals surface area contributed by atoms with E-state index in [1.54, 1.807) is 0 Å². The highest BCUT2D eigenvalue weighted by Gasteiger charge is 2.24. The molecule has 0 spiro atoms. The Morgan fingerprint density at radius 1 is 1.39 bits per heavy atom. The highest BCUT2D eigenvalue weighted by molar-refractivity contribution is 5.32. The predicted molar refractivity (Wildman–Crippen MR) is 71.0 cm³/mol. The Hall–Kier alpha value is -1.37. The van der Waals surface area contributed by atoms with Crippen molar-refractivity contribution >= 4 is 0 Å². The number of rotatable bonds is 4. The van der Waals surface area contributed by atoms with Crippen LogP contribution in [0.2, 0.25) is 0 Å². The minimum absolute atomic E-state index is 0.300. The van der Waals surface area contributed by atoms with Crippen molar-refractivity contribution in [2.24, 2.45) is 0 Å². The third kappa shape index (κ3) is 3.32. The number of ether oxygens (including phenoxy) is 1. The molecule has 3 heteroatoms. The van der Waals surface area contributed by atoms with Crippen molar-refractivity contribution in [2.75, 3.05) is 7.05 Å². The van der Waals surface area contributed by atoms with Crippen LogP contribution in [0.25, 0.3) is 0 Å². The number of nitrogens with zero attached hydrogens (tertiary/aromatic N) is 1. The molecule has 1 aliphatic carbocycles. The maximum absolute atomic E-state index is 8.86. The Bertz CT molecular complexity index is 425. The van der Waals surface area contributed by atoms with Gasteiger partial charge >= 0.3 is 0 Å². The van der Waals surface area contributed by atoms with Gasteiger partial charge in [0.2, 0.25) is 0 Å². The molecule has 1 saturated carbocycles.